The molecule has 1 heterocycles. The van der Waals surface area contributed by atoms with Gasteiger partial charge in [-0.3, -0.25) is 0 Å². The number of furan rings is 1. The predicted molar refractivity (Wildman–Crippen MR) is 62.9 cm³/mol. The Morgan fingerprint density at radius 2 is 2.13 bits per heavy atom. The first-order chi connectivity index (χ1) is 7.40. The number of benzene rings is 1. The Morgan fingerprint density at radius 3 is 3.00 bits per heavy atom. The van der Waals surface area contributed by atoms with E-state index >= 15 is 0 Å². The molecule has 1 aromatic carbocycles. The van der Waals surface area contributed by atoms with Gasteiger partial charge in [-0.1, -0.05) is 32.3 Å². The molecule has 79 valence electrons. The minimum Gasteiger partial charge on any atom is -0.453 e. The van der Waals surface area contributed by atoms with Gasteiger partial charge in [0.05, 0.1) is 0 Å². The van der Waals surface area contributed by atoms with E-state index in [0.717, 1.165) is 5.58 Å². The second-order valence-electron chi connectivity index (χ2n) is 4.05. The van der Waals surface area contributed by atoms with Crippen molar-refractivity contribution in [1.82, 2.24) is 0 Å². The van der Waals surface area contributed by atoms with Crippen LogP contribution in [-0.2, 0) is 6.42 Å². The van der Waals surface area contributed by atoms with Crippen LogP contribution in [0, 0.1) is 6.26 Å². The van der Waals surface area contributed by atoms with Gasteiger partial charge >= 0.3 is 0 Å². The number of hydrogen-bond acceptors (Lipinski definition) is 1. The van der Waals surface area contributed by atoms with Gasteiger partial charge in [0.1, 0.15) is 5.58 Å². The van der Waals surface area contributed by atoms with E-state index in [-0.39, 0.29) is 0 Å². The van der Waals surface area contributed by atoms with Crippen LogP contribution in [0.5, 0.6) is 0 Å². The topological polar surface area (TPSA) is 13.1 Å². The summed E-state index contributed by atoms with van der Waals surface area (Å²) in [6, 6.07) is 8.32. The van der Waals surface area contributed by atoms with E-state index in [2.05, 4.69) is 25.3 Å². The molecule has 0 aliphatic heterocycles. The van der Waals surface area contributed by atoms with Crippen LogP contribution in [-0.4, -0.2) is 0 Å². The lowest BCUT2D eigenvalue weighted by atomic mass is 10.1. The second-order valence-corrected chi connectivity index (χ2v) is 4.05. The van der Waals surface area contributed by atoms with Gasteiger partial charge in [0.2, 0.25) is 0 Å². The number of rotatable bonds is 5. The highest BCUT2D eigenvalue weighted by atomic mass is 16.3. The molecular weight excluding hydrogens is 184 g/mol. The van der Waals surface area contributed by atoms with E-state index in [4.69, 9.17) is 4.42 Å². The average molecular weight is 201 g/mol. The second kappa shape index (κ2) is 5.01. The molecule has 1 aromatic heterocycles. The summed E-state index contributed by atoms with van der Waals surface area (Å²) in [6.07, 6.45) is 9.23. The third-order valence-electron chi connectivity index (χ3n) is 2.78. The monoisotopic (exact) mass is 201 g/mol. The summed E-state index contributed by atoms with van der Waals surface area (Å²) < 4.78 is 5.19. The fraction of sp³-hybridized carbons (Fsp3) is 0.429. The van der Waals surface area contributed by atoms with E-state index in [1.165, 1.54) is 43.1 Å². The summed E-state index contributed by atoms with van der Waals surface area (Å²) in [4.78, 5) is 0. The number of fused-ring (bicyclic) bond motifs is 1. The molecule has 0 fully saturated rings. The van der Waals surface area contributed by atoms with Crippen molar-refractivity contribution in [2.75, 3.05) is 0 Å². The Balaban J connectivity index is 1.96. The average Bonchev–Trinajstić information content (AvgIpc) is 2.71. The first kappa shape index (κ1) is 10.3. The molecule has 2 aromatic rings. The normalized spacial score (nSPS) is 11.0. The molecule has 0 N–H and O–H groups in total. The van der Waals surface area contributed by atoms with Crippen molar-refractivity contribution in [1.29, 1.82) is 0 Å². The Kier molecular flexibility index (Phi) is 3.44. The smallest absolute Gasteiger partial charge is 0.170 e. The lowest BCUT2D eigenvalue weighted by Crippen LogP contribution is -1.85. The zero-order chi connectivity index (χ0) is 10.5. The van der Waals surface area contributed by atoms with Crippen LogP contribution in [0.3, 0.4) is 0 Å². The van der Waals surface area contributed by atoms with Gasteiger partial charge in [-0.15, -0.1) is 0 Å². The van der Waals surface area contributed by atoms with E-state index in [1.807, 2.05) is 12.1 Å². The number of unbranched alkanes of at least 4 members (excludes halogenated alkanes) is 3. The first-order valence-corrected chi connectivity index (χ1v) is 5.78. The molecule has 0 bridgehead atoms. The van der Waals surface area contributed by atoms with Gasteiger partial charge in [-0.05, 0) is 36.6 Å². The van der Waals surface area contributed by atoms with Crippen LogP contribution in [0.15, 0.2) is 28.7 Å². The zero-order valence-corrected chi connectivity index (χ0v) is 9.25. The van der Waals surface area contributed by atoms with Crippen LogP contribution >= 0.6 is 0 Å². The fourth-order valence-electron chi connectivity index (χ4n) is 1.87. The zero-order valence-electron chi connectivity index (χ0n) is 9.25. The van der Waals surface area contributed by atoms with Gasteiger partial charge in [-0.25, -0.2) is 0 Å². The van der Waals surface area contributed by atoms with Gasteiger partial charge < -0.3 is 4.42 Å². The number of aryl methyl sites for hydroxylation is 1. The van der Waals surface area contributed by atoms with Crippen LogP contribution in [0.25, 0.3) is 11.0 Å². The lowest BCUT2D eigenvalue weighted by Gasteiger charge is -2.00. The van der Waals surface area contributed by atoms with Crippen LogP contribution < -0.4 is 0 Å². The molecule has 2 rings (SSSR count). The van der Waals surface area contributed by atoms with E-state index in [9.17, 15) is 0 Å². The van der Waals surface area contributed by atoms with E-state index < -0.39 is 0 Å². The predicted octanol–water partition coefficient (Wildman–Crippen LogP) is 4.36. The molecule has 1 nitrogen and oxygen atoms in total. The van der Waals surface area contributed by atoms with Crippen molar-refractivity contribution in [3.05, 3.63) is 36.1 Å². The molecule has 0 aliphatic carbocycles. The third-order valence-corrected chi connectivity index (χ3v) is 2.78. The Morgan fingerprint density at radius 1 is 1.20 bits per heavy atom. The summed E-state index contributed by atoms with van der Waals surface area (Å²) in [5.41, 5.74) is 2.35. The van der Waals surface area contributed by atoms with Gasteiger partial charge in [0, 0.05) is 5.39 Å². The molecule has 0 saturated heterocycles. The summed E-state index contributed by atoms with van der Waals surface area (Å²) in [5.74, 6) is 0. The van der Waals surface area contributed by atoms with Crippen molar-refractivity contribution >= 4 is 11.0 Å². The van der Waals surface area contributed by atoms with Crippen molar-refractivity contribution in [2.24, 2.45) is 0 Å². The Hall–Kier alpha value is -1.24. The minimum absolute atomic E-state index is 0.937. The highest BCUT2D eigenvalue weighted by Gasteiger charge is 1.99. The molecule has 0 atom stereocenters. The molecule has 0 saturated carbocycles. The van der Waals surface area contributed by atoms with Crippen molar-refractivity contribution in [3.8, 4) is 0 Å². The quantitative estimate of drug-likeness (QED) is 0.655. The maximum absolute atomic E-state index is 5.19. The largest absolute Gasteiger partial charge is 0.453 e. The fourth-order valence-corrected chi connectivity index (χ4v) is 1.87. The molecular formula is C14H17O. The van der Waals surface area contributed by atoms with Crippen molar-refractivity contribution in [3.63, 3.8) is 0 Å². The molecule has 15 heavy (non-hydrogen) atoms. The first-order valence-electron chi connectivity index (χ1n) is 5.78. The van der Waals surface area contributed by atoms with E-state index in [1.54, 1.807) is 0 Å². The molecule has 0 aliphatic rings. The van der Waals surface area contributed by atoms with Gasteiger partial charge in [0.15, 0.2) is 6.26 Å². The molecule has 1 radical (unpaired) electrons. The summed E-state index contributed by atoms with van der Waals surface area (Å²) in [5, 5.41) is 1.17. The summed E-state index contributed by atoms with van der Waals surface area (Å²) in [6.45, 7) is 2.24. The standard InChI is InChI=1S/C14H17O/c1-2-3-4-5-6-12-7-8-14-13(11-12)9-10-15-14/h7-9,11H,2-6H2,1H3. The highest BCUT2D eigenvalue weighted by molar-refractivity contribution is 5.77. The van der Waals surface area contributed by atoms with Crippen LogP contribution in [0.2, 0.25) is 0 Å². The van der Waals surface area contributed by atoms with Gasteiger partial charge in [-0.2, -0.15) is 0 Å². The molecule has 0 amide bonds. The Bertz CT molecular complexity index is 414. The molecule has 0 unspecified atom stereocenters. The maximum atomic E-state index is 5.19. The van der Waals surface area contributed by atoms with E-state index in [0.29, 0.717) is 0 Å². The highest BCUT2D eigenvalue weighted by Crippen LogP contribution is 2.18. The molecule has 0 spiro atoms. The lowest BCUT2D eigenvalue weighted by molar-refractivity contribution is 0.606. The van der Waals surface area contributed by atoms with Crippen molar-refractivity contribution < 1.29 is 4.42 Å². The maximum Gasteiger partial charge on any atom is 0.170 e. The minimum atomic E-state index is 0.937. The third kappa shape index (κ3) is 2.62. The molecule has 1 heteroatoms. The summed E-state index contributed by atoms with van der Waals surface area (Å²) in [7, 11) is 0. The van der Waals surface area contributed by atoms with Gasteiger partial charge in [0.25, 0.3) is 0 Å². The number of hydrogen-bond donors (Lipinski definition) is 0. The Labute approximate surface area is 91.1 Å². The van der Waals surface area contributed by atoms with Crippen LogP contribution in [0.1, 0.15) is 38.2 Å². The van der Waals surface area contributed by atoms with Crippen LogP contribution in [0.4, 0.5) is 0 Å². The summed E-state index contributed by atoms with van der Waals surface area (Å²) >= 11 is 0. The van der Waals surface area contributed by atoms with Crippen molar-refractivity contribution in [2.45, 2.75) is 39.0 Å². The SMILES string of the molecule is CCCCCCc1ccc2o[c]cc2c1.